The lowest BCUT2D eigenvalue weighted by Gasteiger charge is -2.02. The first-order valence-electron chi connectivity index (χ1n) is 4.86. The van der Waals surface area contributed by atoms with Crippen molar-refractivity contribution in [3.63, 3.8) is 0 Å². The Morgan fingerprint density at radius 2 is 2.33 bits per heavy atom. The van der Waals surface area contributed by atoms with Crippen LogP contribution >= 0.6 is 23.6 Å². The fraction of sp³-hybridized carbons (Fsp3) is 0.111. The van der Waals surface area contributed by atoms with E-state index in [1.807, 2.05) is 0 Å². The van der Waals surface area contributed by atoms with Gasteiger partial charge in [0.15, 0.2) is 0 Å². The quantitative estimate of drug-likeness (QED) is 0.702. The van der Waals surface area contributed by atoms with Crippen LogP contribution in [0.3, 0.4) is 0 Å². The Labute approximate surface area is 113 Å². The number of thiophene rings is 1. The normalized spacial score (nSPS) is 11.6. The SMILES string of the molecule is NC(=S)c1ccc(S(=O)(=O)NCc2ncc[nH]2)s1. The lowest BCUT2D eigenvalue weighted by Crippen LogP contribution is -2.23. The summed E-state index contributed by atoms with van der Waals surface area (Å²) < 4.78 is 26.5. The largest absolute Gasteiger partial charge is 0.389 e. The Balaban J connectivity index is 2.12. The van der Waals surface area contributed by atoms with Crippen LogP contribution in [-0.4, -0.2) is 23.4 Å². The molecule has 0 radical (unpaired) electrons. The van der Waals surface area contributed by atoms with Gasteiger partial charge in [-0.15, -0.1) is 11.3 Å². The van der Waals surface area contributed by atoms with Crippen molar-refractivity contribution in [2.24, 2.45) is 5.73 Å². The third-order valence-corrected chi connectivity index (χ3v) is 5.43. The number of hydrogen-bond acceptors (Lipinski definition) is 5. The molecule has 0 aromatic carbocycles. The van der Waals surface area contributed by atoms with Crippen molar-refractivity contribution in [1.29, 1.82) is 0 Å². The van der Waals surface area contributed by atoms with E-state index in [4.69, 9.17) is 18.0 Å². The average molecular weight is 302 g/mol. The number of nitrogens with zero attached hydrogens (tertiary/aromatic N) is 1. The zero-order valence-corrected chi connectivity index (χ0v) is 11.5. The van der Waals surface area contributed by atoms with Crippen LogP contribution in [0.5, 0.6) is 0 Å². The summed E-state index contributed by atoms with van der Waals surface area (Å²) in [6, 6.07) is 3.07. The van der Waals surface area contributed by atoms with Crippen molar-refractivity contribution < 1.29 is 8.42 Å². The van der Waals surface area contributed by atoms with E-state index < -0.39 is 10.0 Å². The van der Waals surface area contributed by atoms with Crippen molar-refractivity contribution in [3.05, 3.63) is 35.2 Å². The van der Waals surface area contributed by atoms with Gasteiger partial charge in [-0.25, -0.2) is 18.1 Å². The van der Waals surface area contributed by atoms with Gasteiger partial charge in [0.25, 0.3) is 0 Å². The van der Waals surface area contributed by atoms with E-state index in [9.17, 15) is 8.42 Å². The molecule has 0 fully saturated rings. The first-order chi connectivity index (χ1) is 8.49. The number of H-pyrrole nitrogens is 1. The molecule has 4 N–H and O–H groups in total. The second kappa shape index (κ2) is 5.14. The highest BCUT2D eigenvalue weighted by molar-refractivity contribution is 7.91. The molecule has 6 nitrogen and oxygen atoms in total. The Kier molecular flexibility index (Phi) is 3.76. The molecule has 18 heavy (non-hydrogen) atoms. The Bertz CT molecular complexity index is 645. The molecule has 2 aromatic rings. The molecule has 0 unspecified atom stereocenters. The first-order valence-corrected chi connectivity index (χ1v) is 7.57. The summed E-state index contributed by atoms with van der Waals surface area (Å²) in [4.78, 5) is 7.50. The van der Waals surface area contributed by atoms with Crippen LogP contribution in [0.15, 0.2) is 28.7 Å². The van der Waals surface area contributed by atoms with Crippen molar-refractivity contribution in [3.8, 4) is 0 Å². The molecule has 2 rings (SSSR count). The number of sulfonamides is 1. The number of rotatable bonds is 5. The predicted molar refractivity (Wildman–Crippen MR) is 72.8 cm³/mol. The zero-order chi connectivity index (χ0) is 13.2. The minimum atomic E-state index is -3.56. The Hall–Kier alpha value is -1.29. The van der Waals surface area contributed by atoms with E-state index in [0.717, 1.165) is 11.3 Å². The van der Waals surface area contributed by atoms with Crippen molar-refractivity contribution in [1.82, 2.24) is 14.7 Å². The van der Waals surface area contributed by atoms with Crippen LogP contribution in [0, 0.1) is 0 Å². The molecule has 0 saturated carbocycles. The van der Waals surface area contributed by atoms with E-state index in [-0.39, 0.29) is 15.7 Å². The number of nitrogens with one attached hydrogen (secondary N) is 2. The van der Waals surface area contributed by atoms with Gasteiger partial charge in [0.1, 0.15) is 15.0 Å². The van der Waals surface area contributed by atoms with Gasteiger partial charge in [-0.2, -0.15) is 0 Å². The molecule has 9 heteroatoms. The standard InChI is InChI=1S/C9H10N4O2S3/c10-9(16)6-1-2-8(17-6)18(14,15)13-5-7-11-3-4-12-7/h1-4,13H,5H2,(H2,10,16)(H,11,12). The van der Waals surface area contributed by atoms with Gasteiger partial charge in [0.2, 0.25) is 10.0 Å². The number of aromatic nitrogens is 2. The minimum Gasteiger partial charge on any atom is -0.389 e. The summed E-state index contributed by atoms with van der Waals surface area (Å²) in [5, 5.41) is 0. The fourth-order valence-electron chi connectivity index (χ4n) is 1.23. The summed E-state index contributed by atoms with van der Waals surface area (Å²) in [6.07, 6.45) is 3.18. The number of imidazole rings is 1. The fourth-order valence-corrected chi connectivity index (χ4v) is 3.61. The molecule has 0 saturated heterocycles. The molecule has 2 aromatic heterocycles. The summed E-state index contributed by atoms with van der Waals surface area (Å²) in [5.74, 6) is 0.546. The maximum absolute atomic E-state index is 11.9. The van der Waals surface area contributed by atoms with E-state index in [1.54, 1.807) is 18.5 Å². The lowest BCUT2D eigenvalue weighted by molar-refractivity contribution is 0.582. The number of aromatic amines is 1. The molecule has 0 aliphatic heterocycles. The lowest BCUT2D eigenvalue weighted by atomic mass is 10.5. The number of nitrogens with two attached hydrogens (primary N) is 1. The first kappa shape index (κ1) is 13.1. The van der Waals surface area contributed by atoms with Gasteiger partial charge in [0.05, 0.1) is 11.4 Å². The number of hydrogen-bond donors (Lipinski definition) is 3. The molecule has 0 aliphatic carbocycles. The highest BCUT2D eigenvalue weighted by Gasteiger charge is 2.17. The monoisotopic (exact) mass is 302 g/mol. The van der Waals surface area contributed by atoms with Gasteiger partial charge in [-0.1, -0.05) is 12.2 Å². The molecular formula is C9H10N4O2S3. The minimum absolute atomic E-state index is 0.107. The summed E-state index contributed by atoms with van der Waals surface area (Å²) in [5.41, 5.74) is 5.43. The van der Waals surface area contributed by atoms with Crippen LogP contribution in [-0.2, 0) is 16.6 Å². The second-order valence-electron chi connectivity index (χ2n) is 3.34. The van der Waals surface area contributed by atoms with Crippen LogP contribution in [0.2, 0.25) is 0 Å². The van der Waals surface area contributed by atoms with Crippen molar-refractivity contribution >= 4 is 38.6 Å². The van der Waals surface area contributed by atoms with Gasteiger partial charge in [-0.05, 0) is 12.1 Å². The molecule has 0 atom stereocenters. The summed E-state index contributed by atoms with van der Waals surface area (Å²) in [7, 11) is -3.56. The maximum Gasteiger partial charge on any atom is 0.250 e. The maximum atomic E-state index is 11.9. The Morgan fingerprint density at radius 1 is 1.56 bits per heavy atom. The second-order valence-corrected chi connectivity index (χ2v) is 6.86. The molecule has 96 valence electrons. The summed E-state index contributed by atoms with van der Waals surface area (Å²) in [6.45, 7) is 0.107. The van der Waals surface area contributed by atoms with Gasteiger partial charge in [0, 0.05) is 12.4 Å². The molecular weight excluding hydrogens is 292 g/mol. The molecule has 0 aliphatic rings. The zero-order valence-electron chi connectivity index (χ0n) is 9.08. The van der Waals surface area contributed by atoms with Crippen LogP contribution in [0.1, 0.15) is 10.7 Å². The van der Waals surface area contributed by atoms with Crippen LogP contribution < -0.4 is 10.5 Å². The van der Waals surface area contributed by atoms with Crippen LogP contribution in [0.4, 0.5) is 0 Å². The average Bonchev–Trinajstić information content (AvgIpc) is 2.98. The molecule has 0 spiro atoms. The van der Waals surface area contributed by atoms with Gasteiger partial charge >= 0.3 is 0 Å². The van der Waals surface area contributed by atoms with E-state index >= 15 is 0 Å². The Morgan fingerprint density at radius 3 is 2.89 bits per heavy atom. The number of thiocarbonyl (C=S) groups is 1. The molecule has 0 bridgehead atoms. The highest BCUT2D eigenvalue weighted by Crippen LogP contribution is 2.21. The van der Waals surface area contributed by atoms with E-state index in [1.165, 1.54) is 6.07 Å². The van der Waals surface area contributed by atoms with Crippen LogP contribution in [0.25, 0.3) is 0 Å². The van der Waals surface area contributed by atoms with Gasteiger partial charge in [-0.3, -0.25) is 0 Å². The highest BCUT2D eigenvalue weighted by atomic mass is 32.2. The topological polar surface area (TPSA) is 101 Å². The van der Waals surface area contributed by atoms with E-state index in [0.29, 0.717) is 10.7 Å². The van der Waals surface area contributed by atoms with Crippen molar-refractivity contribution in [2.45, 2.75) is 10.8 Å². The molecule has 2 heterocycles. The van der Waals surface area contributed by atoms with Crippen molar-refractivity contribution in [2.75, 3.05) is 0 Å². The van der Waals surface area contributed by atoms with Gasteiger partial charge < -0.3 is 10.7 Å². The predicted octanol–water partition coefficient (Wildman–Crippen LogP) is 0.584. The summed E-state index contributed by atoms with van der Waals surface area (Å²) >= 11 is 5.82. The molecule has 0 amide bonds. The third-order valence-electron chi connectivity index (χ3n) is 2.07. The van der Waals surface area contributed by atoms with E-state index in [2.05, 4.69) is 14.7 Å². The smallest absolute Gasteiger partial charge is 0.250 e. The third kappa shape index (κ3) is 2.93.